The molecule has 0 fully saturated rings. The summed E-state index contributed by atoms with van der Waals surface area (Å²) in [4.78, 5) is 11.8. The number of phenolic OH excluding ortho intramolecular Hbond substituents is 1. The average Bonchev–Trinajstić information content (AvgIpc) is 2.18. The third kappa shape index (κ3) is 5.48. The Kier molecular flexibility index (Phi) is 4.65. The molecule has 1 aromatic rings. The molecule has 0 aliphatic heterocycles. The molecule has 0 radical (unpaired) electrons. The molecule has 0 bridgehead atoms. The van der Waals surface area contributed by atoms with Crippen LogP contribution >= 0.6 is 0 Å². The number of anilines is 1. The van der Waals surface area contributed by atoms with Crippen molar-refractivity contribution in [1.82, 2.24) is 0 Å². The van der Waals surface area contributed by atoms with Gasteiger partial charge in [0.05, 0.1) is 5.69 Å². The van der Waals surface area contributed by atoms with E-state index >= 15 is 0 Å². The van der Waals surface area contributed by atoms with E-state index in [1.54, 1.807) is 26.8 Å². The second-order valence-electron chi connectivity index (χ2n) is 6.60. The summed E-state index contributed by atoms with van der Waals surface area (Å²) in [5.41, 5.74) is 6.07. The number of carbonyl (C=O) groups is 1. The largest absolute Gasteiger partial charge is 0.506 e. The summed E-state index contributed by atoms with van der Waals surface area (Å²) in [6, 6.07) is 5.05. The molecule has 0 aromatic heterocycles. The lowest BCUT2D eigenvalue weighted by molar-refractivity contribution is 0.0635. The molecule has 0 unspecified atom stereocenters. The van der Waals surface area contributed by atoms with Gasteiger partial charge in [-0.25, -0.2) is 4.79 Å². The first kappa shape index (κ1) is 16.3. The second kappa shape index (κ2) is 5.71. The van der Waals surface area contributed by atoms with Crippen LogP contribution in [0.25, 0.3) is 0 Å². The van der Waals surface area contributed by atoms with Crippen molar-refractivity contribution in [3.05, 3.63) is 23.8 Å². The summed E-state index contributed by atoms with van der Waals surface area (Å²) in [7, 11) is 0. The van der Waals surface area contributed by atoms with Gasteiger partial charge in [-0.2, -0.15) is 0 Å². The van der Waals surface area contributed by atoms with E-state index in [4.69, 9.17) is 10.5 Å². The highest BCUT2D eigenvalue weighted by Crippen LogP contribution is 2.30. The van der Waals surface area contributed by atoms with Crippen molar-refractivity contribution in [3.8, 4) is 5.75 Å². The number of hydrogen-bond donors (Lipinski definition) is 3. The number of carbonyl (C=O) groups excluding carboxylic acids is 1. The van der Waals surface area contributed by atoms with Crippen LogP contribution in [0.2, 0.25) is 0 Å². The molecule has 0 aliphatic carbocycles. The number of nitrogens with two attached hydrogens (primary N) is 1. The standard InChI is InChI=1S/C15H24N2O3/c1-14(2,3)20-13(19)17-12-10(9-15(4,5)16)7-6-8-11(12)18/h6-8,18H,9,16H2,1-5H3,(H,17,19). The number of aromatic hydroxyl groups is 1. The van der Waals surface area contributed by atoms with Gasteiger partial charge < -0.3 is 15.6 Å². The maximum atomic E-state index is 11.8. The third-order valence-electron chi connectivity index (χ3n) is 2.40. The van der Waals surface area contributed by atoms with Crippen LogP contribution in [0.5, 0.6) is 5.75 Å². The van der Waals surface area contributed by atoms with Gasteiger partial charge in [-0.15, -0.1) is 0 Å². The summed E-state index contributed by atoms with van der Waals surface area (Å²) < 4.78 is 5.19. The van der Waals surface area contributed by atoms with E-state index in [2.05, 4.69) is 5.32 Å². The van der Waals surface area contributed by atoms with Gasteiger partial charge in [-0.1, -0.05) is 12.1 Å². The van der Waals surface area contributed by atoms with Crippen LogP contribution in [0.15, 0.2) is 18.2 Å². The Bertz CT molecular complexity index is 485. The van der Waals surface area contributed by atoms with Crippen molar-refractivity contribution in [2.75, 3.05) is 5.32 Å². The second-order valence-corrected chi connectivity index (χ2v) is 6.60. The maximum absolute atomic E-state index is 11.8. The van der Waals surface area contributed by atoms with Crippen LogP contribution in [0, 0.1) is 0 Å². The molecule has 20 heavy (non-hydrogen) atoms. The summed E-state index contributed by atoms with van der Waals surface area (Å²) in [5.74, 6) is -0.00221. The van der Waals surface area contributed by atoms with Gasteiger partial charge >= 0.3 is 6.09 Å². The Labute approximate surface area is 120 Å². The smallest absolute Gasteiger partial charge is 0.412 e. The first-order chi connectivity index (χ1) is 8.98. The molecule has 0 saturated heterocycles. The summed E-state index contributed by atoms with van der Waals surface area (Å²) in [6.07, 6.45) is -0.0814. The summed E-state index contributed by atoms with van der Waals surface area (Å²) in [5, 5.41) is 12.5. The number of amides is 1. The monoisotopic (exact) mass is 280 g/mol. The molecule has 0 saturated carbocycles. The quantitative estimate of drug-likeness (QED) is 0.743. The van der Waals surface area contributed by atoms with E-state index in [9.17, 15) is 9.90 Å². The van der Waals surface area contributed by atoms with E-state index in [-0.39, 0.29) is 5.75 Å². The molecule has 4 N–H and O–H groups in total. The van der Waals surface area contributed by atoms with E-state index < -0.39 is 17.2 Å². The van der Waals surface area contributed by atoms with Crippen LogP contribution in [-0.2, 0) is 11.2 Å². The van der Waals surface area contributed by atoms with E-state index in [0.29, 0.717) is 12.1 Å². The van der Waals surface area contributed by atoms with E-state index in [1.807, 2.05) is 19.9 Å². The van der Waals surface area contributed by atoms with Crippen LogP contribution in [0.4, 0.5) is 10.5 Å². The highest BCUT2D eigenvalue weighted by molar-refractivity contribution is 5.88. The van der Waals surface area contributed by atoms with Crippen molar-refractivity contribution in [2.45, 2.75) is 52.2 Å². The van der Waals surface area contributed by atoms with E-state index in [0.717, 1.165) is 5.56 Å². The zero-order valence-corrected chi connectivity index (χ0v) is 12.8. The van der Waals surface area contributed by atoms with Crippen LogP contribution in [0.3, 0.4) is 0 Å². The van der Waals surface area contributed by atoms with Crippen LogP contribution in [0.1, 0.15) is 40.2 Å². The van der Waals surface area contributed by atoms with Gasteiger partial charge in [-0.05, 0) is 52.7 Å². The number of ether oxygens (including phenoxy) is 1. The molecule has 1 rings (SSSR count). The lowest BCUT2D eigenvalue weighted by Crippen LogP contribution is -2.35. The molecular formula is C15H24N2O3. The summed E-state index contributed by atoms with van der Waals surface area (Å²) in [6.45, 7) is 9.10. The highest BCUT2D eigenvalue weighted by Gasteiger charge is 2.21. The van der Waals surface area contributed by atoms with Gasteiger partial charge in [0, 0.05) is 5.54 Å². The van der Waals surface area contributed by atoms with Gasteiger partial charge in [0.2, 0.25) is 0 Å². The highest BCUT2D eigenvalue weighted by atomic mass is 16.6. The molecule has 0 spiro atoms. The van der Waals surface area contributed by atoms with Gasteiger partial charge in [0.25, 0.3) is 0 Å². The fraction of sp³-hybridized carbons (Fsp3) is 0.533. The van der Waals surface area contributed by atoms with Gasteiger partial charge in [-0.3, -0.25) is 5.32 Å². The Balaban J connectivity index is 2.96. The molecular weight excluding hydrogens is 256 g/mol. The SMILES string of the molecule is CC(C)(N)Cc1cccc(O)c1NC(=O)OC(C)(C)C. The fourth-order valence-corrected chi connectivity index (χ4v) is 1.77. The molecule has 0 heterocycles. The fourth-order valence-electron chi connectivity index (χ4n) is 1.77. The first-order valence-corrected chi connectivity index (χ1v) is 6.58. The molecule has 1 amide bonds. The van der Waals surface area contributed by atoms with Crippen LogP contribution in [-0.4, -0.2) is 22.3 Å². The molecule has 1 aromatic carbocycles. The minimum absolute atomic E-state index is 0.00221. The predicted molar refractivity (Wildman–Crippen MR) is 79.9 cm³/mol. The average molecular weight is 280 g/mol. The number of hydrogen-bond acceptors (Lipinski definition) is 4. The Hall–Kier alpha value is -1.75. The third-order valence-corrected chi connectivity index (χ3v) is 2.40. The maximum Gasteiger partial charge on any atom is 0.412 e. The molecule has 0 atom stereocenters. The molecule has 5 heteroatoms. The number of para-hydroxylation sites is 1. The normalized spacial score (nSPS) is 12.1. The van der Waals surface area contributed by atoms with Crippen molar-refractivity contribution in [3.63, 3.8) is 0 Å². The minimum Gasteiger partial charge on any atom is -0.506 e. The topological polar surface area (TPSA) is 84.6 Å². The lowest BCUT2D eigenvalue weighted by Gasteiger charge is -2.23. The van der Waals surface area contributed by atoms with E-state index in [1.165, 1.54) is 6.07 Å². The summed E-state index contributed by atoms with van der Waals surface area (Å²) >= 11 is 0. The van der Waals surface area contributed by atoms with Crippen molar-refractivity contribution in [1.29, 1.82) is 0 Å². The predicted octanol–water partition coefficient (Wildman–Crippen LogP) is 3.02. The number of nitrogens with one attached hydrogen (secondary N) is 1. The number of rotatable bonds is 3. The molecule has 112 valence electrons. The van der Waals surface area contributed by atoms with Gasteiger partial charge in [0.15, 0.2) is 0 Å². The first-order valence-electron chi connectivity index (χ1n) is 6.58. The Morgan fingerprint density at radius 3 is 2.40 bits per heavy atom. The molecule has 0 aliphatic rings. The Morgan fingerprint density at radius 2 is 1.90 bits per heavy atom. The van der Waals surface area contributed by atoms with Crippen molar-refractivity contribution >= 4 is 11.8 Å². The number of phenols is 1. The van der Waals surface area contributed by atoms with Crippen molar-refractivity contribution in [2.24, 2.45) is 5.73 Å². The minimum atomic E-state index is -0.602. The van der Waals surface area contributed by atoms with Crippen molar-refractivity contribution < 1.29 is 14.6 Å². The zero-order valence-electron chi connectivity index (χ0n) is 12.8. The lowest BCUT2D eigenvalue weighted by atomic mass is 9.95. The number of benzene rings is 1. The van der Waals surface area contributed by atoms with Crippen LogP contribution < -0.4 is 11.1 Å². The van der Waals surface area contributed by atoms with Gasteiger partial charge in [0.1, 0.15) is 11.4 Å². The zero-order chi connectivity index (χ0) is 15.6. The molecule has 5 nitrogen and oxygen atoms in total. The Morgan fingerprint density at radius 1 is 1.30 bits per heavy atom.